The van der Waals surface area contributed by atoms with Crippen LogP contribution in [0, 0.1) is 10.1 Å². The number of anilines is 2. The van der Waals surface area contributed by atoms with E-state index in [4.69, 9.17) is 0 Å². The predicted molar refractivity (Wildman–Crippen MR) is 99.8 cm³/mol. The Morgan fingerprint density at radius 3 is 2.73 bits per heavy atom. The molecule has 3 aromatic rings. The van der Waals surface area contributed by atoms with E-state index in [2.05, 4.69) is 25.6 Å². The van der Waals surface area contributed by atoms with Gasteiger partial charge in [-0.2, -0.15) is 4.98 Å². The van der Waals surface area contributed by atoms with Crippen LogP contribution in [0.25, 0.3) is 11.3 Å². The van der Waals surface area contributed by atoms with Crippen LogP contribution in [-0.4, -0.2) is 26.4 Å². The van der Waals surface area contributed by atoms with E-state index >= 15 is 0 Å². The Labute approximate surface area is 150 Å². The Morgan fingerprint density at radius 2 is 2.00 bits per heavy atom. The van der Waals surface area contributed by atoms with Crippen molar-refractivity contribution < 1.29 is 4.92 Å². The lowest BCUT2D eigenvalue weighted by Crippen LogP contribution is -2.07. The van der Waals surface area contributed by atoms with E-state index in [1.165, 1.54) is 6.07 Å². The largest absolute Gasteiger partial charge is 0.366 e. The molecule has 0 bridgehead atoms. The summed E-state index contributed by atoms with van der Waals surface area (Å²) in [5.41, 5.74) is 2.49. The number of nitro groups is 1. The Morgan fingerprint density at radius 1 is 1.12 bits per heavy atom. The Kier molecular flexibility index (Phi) is 5.33. The van der Waals surface area contributed by atoms with Gasteiger partial charge in [-0.05, 0) is 24.6 Å². The summed E-state index contributed by atoms with van der Waals surface area (Å²) in [5, 5.41) is 17.2. The van der Waals surface area contributed by atoms with Crippen molar-refractivity contribution in [1.82, 2.24) is 15.0 Å². The van der Waals surface area contributed by atoms with Gasteiger partial charge in [0.2, 0.25) is 5.95 Å². The van der Waals surface area contributed by atoms with Gasteiger partial charge >= 0.3 is 0 Å². The highest BCUT2D eigenvalue weighted by atomic mass is 16.6. The molecule has 0 saturated heterocycles. The van der Waals surface area contributed by atoms with Gasteiger partial charge in [0.1, 0.15) is 5.82 Å². The molecule has 0 radical (unpaired) electrons. The van der Waals surface area contributed by atoms with Crippen molar-refractivity contribution in [2.24, 2.45) is 0 Å². The number of aromatic nitrogens is 3. The van der Waals surface area contributed by atoms with Gasteiger partial charge in [0.15, 0.2) is 0 Å². The molecule has 0 saturated carbocycles. The molecule has 2 N–H and O–H groups in total. The number of non-ortho nitro benzene ring substituents is 1. The maximum Gasteiger partial charge on any atom is 0.269 e. The molecule has 0 aliphatic rings. The molecular formula is C18H18N6O2. The van der Waals surface area contributed by atoms with E-state index < -0.39 is 4.92 Å². The van der Waals surface area contributed by atoms with Crippen molar-refractivity contribution >= 4 is 17.5 Å². The summed E-state index contributed by atoms with van der Waals surface area (Å²) in [5.74, 6) is 1.14. The molecular weight excluding hydrogens is 332 g/mol. The average molecular weight is 350 g/mol. The Balaban J connectivity index is 1.84. The van der Waals surface area contributed by atoms with E-state index in [-0.39, 0.29) is 5.69 Å². The predicted octanol–water partition coefficient (Wildman–Crippen LogP) is 3.49. The number of hydrogen-bond acceptors (Lipinski definition) is 7. The fourth-order valence-corrected chi connectivity index (χ4v) is 2.41. The lowest BCUT2D eigenvalue weighted by atomic mass is 10.2. The molecule has 2 heterocycles. The second-order valence-electron chi connectivity index (χ2n) is 5.51. The zero-order valence-electron chi connectivity index (χ0n) is 14.2. The van der Waals surface area contributed by atoms with E-state index in [1.807, 2.05) is 31.2 Å². The SMILES string of the molecule is CCNc1nc(NCc2cccc([N+](=O)[O-])c2)cc(-c2cccnc2)n1. The van der Waals surface area contributed by atoms with Crippen molar-refractivity contribution in [1.29, 1.82) is 0 Å². The first kappa shape index (κ1) is 17.3. The molecule has 0 aliphatic carbocycles. The van der Waals surface area contributed by atoms with Gasteiger partial charge in [0.05, 0.1) is 10.6 Å². The average Bonchev–Trinajstić information content (AvgIpc) is 2.67. The molecule has 3 rings (SSSR count). The number of nitrogens with one attached hydrogen (secondary N) is 2. The number of rotatable bonds is 7. The number of hydrogen-bond donors (Lipinski definition) is 2. The first-order valence-electron chi connectivity index (χ1n) is 8.16. The summed E-state index contributed by atoms with van der Waals surface area (Å²) < 4.78 is 0. The van der Waals surface area contributed by atoms with Crippen LogP contribution in [-0.2, 0) is 6.54 Å². The summed E-state index contributed by atoms with van der Waals surface area (Å²) >= 11 is 0. The smallest absolute Gasteiger partial charge is 0.269 e. The Hall–Kier alpha value is -3.55. The molecule has 132 valence electrons. The van der Waals surface area contributed by atoms with Gasteiger partial charge in [0, 0.05) is 49.2 Å². The number of benzene rings is 1. The standard InChI is InChI=1S/C18H18N6O2/c1-2-20-18-22-16(14-6-4-8-19-12-14)10-17(23-18)21-11-13-5-3-7-15(9-13)24(25)26/h3-10,12H,2,11H2,1H3,(H2,20,21,22,23). The van der Waals surface area contributed by atoms with Crippen molar-refractivity contribution in [3.63, 3.8) is 0 Å². The van der Waals surface area contributed by atoms with Crippen LogP contribution in [0.4, 0.5) is 17.5 Å². The molecule has 0 aliphatic heterocycles. The molecule has 0 spiro atoms. The fraction of sp³-hybridized carbons (Fsp3) is 0.167. The monoisotopic (exact) mass is 350 g/mol. The number of pyridine rings is 1. The molecule has 8 heteroatoms. The van der Waals surface area contributed by atoms with Crippen molar-refractivity contribution in [3.05, 3.63) is 70.5 Å². The van der Waals surface area contributed by atoms with Crippen LogP contribution >= 0.6 is 0 Å². The van der Waals surface area contributed by atoms with Crippen molar-refractivity contribution in [2.75, 3.05) is 17.2 Å². The first-order valence-corrected chi connectivity index (χ1v) is 8.16. The highest BCUT2D eigenvalue weighted by Crippen LogP contribution is 2.21. The van der Waals surface area contributed by atoms with Gasteiger partial charge in [0.25, 0.3) is 5.69 Å². The molecule has 8 nitrogen and oxygen atoms in total. The van der Waals surface area contributed by atoms with Crippen LogP contribution in [0.15, 0.2) is 54.9 Å². The fourth-order valence-electron chi connectivity index (χ4n) is 2.41. The number of nitro benzene ring substituents is 1. The molecule has 0 unspecified atom stereocenters. The van der Waals surface area contributed by atoms with E-state index in [1.54, 1.807) is 24.5 Å². The number of nitrogens with zero attached hydrogens (tertiary/aromatic N) is 4. The topological polar surface area (TPSA) is 106 Å². The van der Waals surface area contributed by atoms with Gasteiger partial charge in [-0.1, -0.05) is 12.1 Å². The highest BCUT2D eigenvalue weighted by molar-refractivity contribution is 5.63. The van der Waals surface area contributed by atoms with Crippen LogP contribution in [0.5, 0.6) is 0 Å². The second kappa shape index (κ2) is 8.02. The van der Waals surface area contributed by atoms with E-state index in [0.717, 1.165) is 16.8 Å². The minimum absolute atomic E-state index is 0.0661. The first-order chi connectivity index (χ1) is 12.7. The lowest BCUT2D eigenvalue weighted by molar-refractivity contribution is -0.384. The van der Waals surface area contributed by atoms with E-state index in [9.17, 15) is 10.1 Å². The van der Waals surface area contributed by atoms with Crippen LogP contribution in [0.2, 0.25) is 0 Å². The van der Waals surface area contributed by atoms with Crippen LogP contribution < -0.4 is 10.6 Å². The van der Waals surface area contributed by atoms with Gasteiger partial charge in [-0.15, -0.1) is 0 Å². The summed E-state index contributed by atoms with van der Waals surface area (Å²) in [6, 6.07) is 12.1. The highest BCUT2D eigenvalue weighted by Gasteiger charge is 2.08. The zero-order valence-corrected chi connectivity index (χ0v) is 14.2. The summed E-state index contributed by atoms with van der Waals surface area (Å²) in [4.78, 5) is 23.5. The van der Waals surface area contributed by atoms with Crippen molar-refractivity contribution in [2.45, 2.75) is 13.5 Å². The summed E-state index contributed by atoms with van der Waals surface area (Å²) in [7, 11) is 0. The summed E-state index contributed by atoms with van der Waals surface area (Å²) in [6.07, 6.45) is 3.44. The third-order valence-electron chi connectivity index (χ3n) is 3.61. The third-order valence-corrected chi connectivity index (χ3v) is 3.61. The molecule has 0 fully saturated rings. The normalized spacial score (nSPS) is 10.3. The van der Waals surface area contributed by atoms with Crippen LogP contribution in [0.1, 0.15) is 12.5 Å². The van der Waals surface area contributed by atoms with Gasteiger partial charge in [-0.25, -0.2) is 4.98 Å². The van der Waals surface area contributed by atoms with Crippen molar-refractivity contribution in [3.8, 4) is 11.3 Å². The van der Waals surface area contributed by atoms with E-state index in [0.29, 0.717) is 24.9 Å². The third kappa shape index (κ3) is 4.29. The molecule has 0 atom stereocenters. The maximum absolute atomic E-state index is 10.9. The maximum atomic E-state index is 10.9. The van der Waals surface area contributed by atoms with Gasteiger partial charge in [-0.3, -0.25) is 15.1 Å². The molecule has 0 amide bonds. The molecule has 26 heavy (non-hydrogen) atoms. The Bertz CT molecular complexity index is 901. The summed E-state index contributed by atoms with van der Waals surface area (Å²) in [6.45, 7) is 3.08. The minimum Gasteiger partial charge on any atom is -0.366 e. The van der Waals surface area contributed by atoms with Crippen LogP contribution in [0.3, 0.4) is 0 Å². The lowest BCUT2D eigenvalue weighted by Gasteiger charge is -2.10. The zero-order chi connectivity index (χ0) is 18.4. The minimum atomic E-state index is -0.405. The molecule has 2 aromatic heterocycles. The van der Waals surface area contributed by atoms with Gasteiger partial charge < -0.3 is 10.6 Å². The quantitative estimate of drug-likeness (QED) is 0.496. The molecule has 1 aromatic carbocycles. The second-order valence-corrected chi connectivity index (χ2v) is 5.51.